The highest BCUT2D eigenvalue weighted by Gasteiger charge is 2.20. The topological polar surface area (TPSA) is 71.1 Å². The fourth-order valence-electron chi connectivity index (χ4n) is 3.29. The number of anilines is 1. The van der Waals surface area contributed by atoms with Gasteiger partial charge in [-0.1, -0.05) is 25.3 Å². The highest BCUT2D eigenvalue weighted by molar-refractivity contribution is 7.15. The predicted octanol–water partition coefficient (Wildman–Crippen LogP) is 4.04. The lowest BCUT2D eigenvalue weighted by Crippen LogP contribution is -2.34. The molecule has 0 spiro atoms. The molecule has 0 bridgehead atoms. The van der Waals surface area contributed by atoms with Crippen molar-refractivity contribution >= 4 is 28.3 Å². The quantitative estimate of drug-likeness (QED) is 0.728. The van der Waals surface area contributed by atoms with E-state index in [4.69, 9.17) is 0 Å². The highest BCUT2D eigenvalue weighted by Crippen LogP contribution is 2.24. The Balaban J connectivity index is 1.42. The maximum atomic E-state index is 13.3. The average molecular weight is 407 g/mol. The summed E-state index contributed by atoms with van der Waals surface area (Å²) in [7, 11) is 0. The third-order valence-electron chi connectivity index (χ3n) is 4.79. The lowest BCUT2D eigenvalue weighted by molar-refractivity contribution is -0.126. The van der Waals surface area contributed by atoms with Crippen LogP contribution < -0.4 is 10.6 Å². The number of hydrogen-bond acceptors (Lipinski definition) is 4. The highest BCUT2D eigenvalue weighted by atomic mass is 32.1. The van der Waals surface area contributed by atoms with E-state index in [0.29, 0.717) is 23.7 Å². The number of nitrogens with one attached hydrogen (secondary N) is 2. The van der Waals surface area contributed by atoms with Crippen molar-refractivity contribution in [2.75, 3.05) is 11.9 Å². The number of hydrogen-bond donors (Lipinski definition) is 2. The van der Waals surface area contributed by atoms with Crippen LogP contribution in [-0.2, 0) is 16.0 Å². The Labute approximate surface area is 166 Å². The molecule has 28 heavy (non-hydrogen) atoms. The standard InChI is InChI=1S/C20H23F2N3O2S/c21-16-7-6-13(11-17(16)22)10-15-12-24-20(28-15)25-18(26)8-9-23-19(27)14-4-2-1-3-5-14/h6-7,11-12,14H,1-5,8-10H2,(H,23,27)(H,24,25,26). The number of halogens is 2. The number of carbonyl (C=O) groups excluding carboxylic acids is 2. The van der Waals surface area contributed by atoms with E-state index in [2.05, 4.69) is 15.6 Å². The van der Waals surface area contributed by atoms with Crippen molar-refractivity contribution < 1.29 is 18.4 Å². The Morgan fingerprint density at radius 1 is 1.14 bits per heavy atom. The number of aromatic nitrogens is 1. The molecule has 1 fully saturated rings. The molecule has 3 rings (SSSR count). The summed E-state index contributed by atoms with van der Waals surface area (Å²) in [6.45, 7) is 0.300. The summed E-state index contributed by atoms with van der Waals surface area (Å²) in [4.78, 5) is 29.1. The van der Waals surface area contributed by atoms with Crippen LogP contribution in [0, 0.1) is 17.6 Å². The van der Waals surface area contributed by atoms with E-state index in [-0.39, 0.29) is 24.2 Å². The Morgan fingerprint density at radius 2 is 1.93 bits per heavy atom. The van der Waals surface area contributed by atoms with Crippen molar-refractivity contribution in [3.05, 3.63) is 46.5 Å². The fourth-order valence-corrected chi connectivity index (χ4v) is 4.15. The molecule has 0 radical (unpaired) electrons. The van der Waals surface area contributed by atoms with Crippen LogP contribution in [0.1, 0.15) is 49.0 Å². The Bertz CT molecular complexity index is 835. The van der Waals surface area contributed by atoms with Crippen molar-refractivity contribution in [1.29, 1.82) is 0 Å². The second-order valence-electron chi connectivity index (χ2n) is 6.98. The van der Waals surface area contributed by atoms with Gasteiger partial charge in [0.1, 0.15) is 0 Å². The van der Waals surface area contributed by atoms with E-state index in [9.17, 15) is 18.4 Å². The summed E-state index contributed by atoms with van der Waals surface area (Å²) < 4.78 is 26.3. The van der Waals surface area contributed by atoms with E-state index < -0.39 is 11.6 Å². The third kappa shape index (κ3) is 5.82. The van der Waals surface area contributed by atoms with Gasteiger partial charge in [0, 0.05) is 36.4 Å². The van der Waals surface area contributed by atoms with Crippen molar-refractivity contribution in [3.8, 4) is 0 Å². The molecule has 5 nitrogen and oxygen atoms in total. The predicted molar refractivity (Wildman–Crippen MR) is 104 cm³/mol. The minimum absolute atomic E-state index is 0.0376. The van der Waals surface area contributed by atoms with E-state index >= 15 is 0 Å². The largest absolute Gasteiger partial charge is 0.355 e. The van der Waals surface area contributed by atoms with Crippen molar-refractivity contribution in [3.63, 3.8) is 0 Å². The van der Waals surface area contributed by atoms with Gasteiger partial charge in [0.25, 0.3) is 0 Å². The molecule has 0 aliphatic heterocycles. The smallest absolute Gasteiger partial charge is 0.227 e. The number of amides is 2. The minimum Gasteiger partial charge on any atom is -0.355 e. The van der Waals surface area contributed by atoms with Crippen molar-refractivity contribution in [1.82, 2.24) is 10.3 Å². The maximum absolute atomic E-state index is 13.3. The number of nitrogens with zero attached hydrogens (tertiary/aromatic N) is 1. The van der Waals surface area contributed by atoms with Crippen LogP contribution in [0.15, 0.2) is 24.4 Å². The minimum atomic E-state index is -0.884. The van der Waals surface area contributed by atoms with Crippen LogP contribution in [0.4, 0.5) is 13.9 Å². The van der Waals surface area contributed by atoms with Crippen LogP contribution in [-0.4, -0.2) is 23.3 Å². The summed E-state index contributed by atoms with van der Waals surface area (Å²) >= 11 is 1.28. The van der Waals surface area contributed by atoms with Gasteiger partial charge in [-0.05, 0) is 30.5 Å². The molecule has 150 valence electrons. The lowest BCUT2D eigenvalue weighted by atomic mass is 9.89. The molecular weight excluding hydrogens is 384 g/mol. The molecule has 2 aromatic rings. The molecule has 1 aromatic carbocycles. The fraction of sp³-hybridized carbons (Fsp3) is 0.450. The zero-order chi connectivity index (χ0) is 19.9. The average Bonchev–Trinajstić information content (AvgIpc) is 3.12. The first-order valence-electron chi connectivity index (χ1n) is 9.47. The van der Waals surface area contributed by atoms with Crippen molar-refractivity contribution in [2.45, 2.75) is 44.9 Å². The number of carbonyl (C=O) groups is 2. The zero-order valence-corrected chi connectivity index (χ0v) is 16.3. The molecular formula is C20H23F2N3O2S. The molecule has 2 N–H and O–H groups in total. The van der Waals surface area contributed by atoms with E-state index in [1.165, 1.54) is 23.8 Å². The Hall–Kier alpha value is -2.35. The van der Waals surface area contributed by atoms with Gasteiger partial charge >= 0.3 is 0 Å². The van der Waals surface area contributed by atoms with Crippen molar-refractivity contribution in [2.24, 2.45) is 5.92 Å². The molecule has 0 unspecified atom stereocenters. The summed E-state index contributed by atoms with van der Waals surface area (Å²) in [5, 5.41) is 5.98. The monoisotopic (exact) mass is 407 g/mol. The molecule has 1 saturated carbocycles. The molecule has 1 aliphatic rings. The zero-order valence-electron chi connectivity index (χ0n) is 15.5. The first-order chi connectivity index (χ1) is 13.5. The van der Waals surface area contributed by atoms with Crippen LogP contribution in [0.5, 0.6) is 0 Å². The van der Waals surface area contributed by atoms with Gasteiger partial charge in [-0.15, -0.1) is 11.3 Å². The van der Waals surface area contributed by atoms with Crippen LogP contribution in [0.25, 0.3) is 0 Å². The summed E-state index contributed by atoms with van der Waals surface area (Å²) in [6, 6.07) is 3.77. The van der Waals surface area contributed by atoms with E-state index in [0.717, 1.165) is 42.7 Å². The molecule has 1 heterocycles. The molecule has 8 heteroatoms. The van der Waals surface area contributed by atoms with Gasteiger partial charge < -0.3 is 10.6 Å². The lowest BCUT2D eigenvalue weighted by Gasteiger charge is -2.20. The van der Waals surface area contributed by atoms with Gasteiger partial charge in [-0.25, -0.2) is 13.8 Å². The van der Waals surface area contributed by atoms with Gasteiger partial charge in [-0.2, -0.15) is 0 Å². The first-order valence-corrected chi connectivity index (χ1v) is 10.3. The van der Waals surface area contributed by atoms with E-state index in [1.807, 2.05) is 0 Å². The van der Waals surface area contributed by atoms with Gasteiger partial charge in [0.2, 0.25) is 11.8 Å². The van der Waals surface area contributed by atoms with E-state index in [1.54, 1.807) is 6.20 Å². The SMILES string of the molecule is O=C(CCNC(=O)C1CCCCC1)Nc1ncc(Cc2ccc(F)c(F)c2)s1. The van der Waals surface area contributed by atoms with Gasteiger partial charge in [0.15, 0.2) is 16.8 Å². The summed E-state index contributed by atoms with van der Waals surface area (Å²) in [5.41, 5.74) is 0.630. The van der Waals surface area contributed by atoms with Crippen LogP contribution in [0.2, 0.25) is 0 Å². The second-order valence-corrected chi connectivity index (χ2v) is 8.10. The Morgan fingerprint density at radius 3 is 2.68 bits per heavy atom. The number of thiazole rings is 1. The number of benzene rings is 1. The van der Waals surface area contributed by atoms with Crippen LogP contribution >= 0.6 is 11.3 Å². The number of rotatable bonds is 7. The molecule has 1 aliphatic carbocycles. The third-order valence-corrected chi connectivity index (χ3v) is 5.70. The molecule has 0 atom stereocenters. The molecule has 2 amide bonds. The summed E-state index contributed by atoms with van der Waals surface area (Å²) in [5.74, 6) is -1.87. The first kappa shape index (κ1) is 20.4. The maximum Gasteiger partial charge on any atom is 0.227 e. The Kier molecular flexibility index (Phi) is 7.08. The molecule has 0 saturated heterocycles. The van der Waals surface area contributed by atoms with Gasteiger partial charge in [-0.3, -0.25) is 9.59 Å². The van der Waals surface area contributed by atoms with Gasteiger partial charge in [0.05, 0.1) is 0 Å². The normalized spacial score (nSPS) is 14.6. The summed E-state index contributed by atoms with van der Waals surface area (Å²) in [6.07, 6.45) is 7.42. The van der Waals surface area contributed by atoms with Crippen LogP contribution in [0.3, 0.4) is 0 Å². The second kappa shape index (κ2) is 9.73. The molecule has 1 aromatic heterocycles.